The lowest BCUT2D eigenvalue weighted by atomic mass is 10.3. The van der Waals surface area contributed by atoms with Gasteiger partial charge in [0.2, 0.25) is 0 Å². The van der Waals surface area contributed by atoms with Gasteiger partial charge in [0, 0.05) is 0 Å². The maximum Gasteiger partial charge on any atom is 0.448 e. The van der Waals surface area contributed by atoms with E-state index in [4.69, 9.17) is 4.55 Å². The average molecular weight is 240 g/mol. The molecule has 0 aliphatic carbocycles. The van der Waals surface area contributed by atoms with E-state index in [2.05, 4.69) is 8.92 Å². The normalized spacial score (nSPS) is 10.8. The molecule has 0 bridgehead atoms. The Balaban J connectivity index is 3.77. The molecule has 0 radical (unpaired) electrons. The van der Waals surface area contributed by atoms with Crippen molar-refractivity contribution >= 4 is 22.3 Å². The van der Waals surface area contributed by atoms with Gasteiger partial charge in [-0.05, 0) is 6.42 Å². The molecule has 0 fully saturated rings. The molecule has 88 valence electrons. The van der Waals surface area contributed by atoms with Crippen molar-refractivity contribution in [3.05, 3.63) is 0 Å². The van der Waals surface area contributed by atoms with Gasteiger partial charge in [-0.2, -0.15) is 8.42 Å². The highest BCUT2D eigenvalue weighted by atomic mass is 32.3. The van der Waals surface area contributed by atoms with Gasteiger partial charge in [0.15, 0.2) is 0 Å². The molecule has 15 heavy (non-hydrogen) atoms. The Bertz CT molecular complexity index is 318. The maximum absolute atomic E-state index is 10.8. The van der Waals surface area contributed by atoms with Gasteiger partial charge in [-0.3, -0.25) is 14.1 Å². The Morgan fingerprint density at radius 3 is 2.20 bits per heavy atom. The van der Waals surface area contributed by atoms with E-state index in [-0.39, 0.29) is 13.0 Å². The molecule has 0 spiro atoms. The molecule has 0 heterocycles. The summed E-state index contributed by atoms with van der Waals surface area (Å²) in [6.45, 7) is 2.05. The van der Waals surface area contributed by atoms with Crippen molar-refractivity contribution in [1.29, 1.82) is 0 Å². The van der Waals surface area contributed by atoms with Crippen LogP contribution in [-0.2, 0) is 28.9 Å². The second kappa shape index (κ2) is 6.36. The summed E-state index contributed by atoms with van der Waals surface area (Å²) in [7, 11) is -4.79. The van der Waals surface area contributed by atoms with E-state index in [0.29, 0.717) is 6.42 Å². The minimum atomic E-state index is -4.79. The van der Waals surface area contributed by atoms with E-state index in [9.17, 15) is 18.0 Å². The second-order valence-corrected chi connectivity index (χ2v) is 3.63. The van der Waals surface area contributed by atoms with Gasteiger partial charge in [0.1, 0.15) is 0 Å². The summed E-state index contributed by atoms with van der Waals surface area (Å²) in [5, 5.41) is 0. The van der Waals surface area contributed by atoms with E-state index in [1.165, 1.54) is 0 Å². The van der Waals surface area contributed by atoms with E-state index in [1.807, 2.05) is 0 Å². The summed E-state index contributed by atoms with van der Waals surface area (Å²) in [6.07, 6.45) is -0.0854. The summed E-state index contributed by atoms with van der Waals surface area (Å²) in [6, 6.07) is 0. The van der Waals surface area contributed by atoms with E-state index in [1.54, 1.807) is 6.92 Å². The van der Waals surface area contributed by atoms with Crippen molar-refractivity contribution in [1.82, 2.24) is 0 Å². The Kier molecular flexibility index (Phi) is 5.87. The van der Waals surface area contributed by atoms with Crippen LogP contribution in [0.3, 0.4) is 0 Å². The number of hydrogen-bond acceptors (Lipinski definition) is 6. The Hall–Kier alpha value is -1.15. The zero-order chi connectivity index (χ0) is 11.9. The van der Waals surface area contributed by atoms with Crippen molar-refractivity contribution in [2.24, 2.45) is 0 Å². The molecule has 0 amide bonds. The fourth-order valence-corrected chi connectivity index (χ4v) is 0.970. The molecule has 8 heteroatoms. The zero-order valence-corrected chi connectivity index (χ0v) is 8.95. The molecule has 0 saturated carbocycles. The predicted octanol–water partition coefficient (Wildman–Crippen LogP) is 0.0658. The van der Waals surface area contributed by atoms with Gasteiger partial charge >= 0.3 is 22.3 Å². The van der Waals surface area contributed by atoms with Crippen LogP contribution in [0.5, 0.6) is 0 Å². The SMILES string of the molecule is CCCOC(=O)CCC(=O)OS(=O)(=O)O. The minimum absolute atomic E-state index is 0.242. The minimum Gasteiger partial charge on any atom is -0.466 e. The number of ether oxygens (including phenoxy) is 1. The summed E-state index contributed by atoms with van der Waals surface area (Å²) in [5.74, 6) is -1.82. The van der Waals surface area contributed by atoms with Gasteiger partial charge < -0.3 is 8.92 Å². The van der Waals surface area contributed by atoms with Gasteiger partial charge in [0.05, 0.1) is 19.4 Å². The number of hydrogen-bond donors (Lipinski definition) is 1. The van der Waals surface area contributed by atoms with Crippen LogP contribution in [0.2, 0.25) is 0 Å². The first kappa shape index (κ1) is 13.8. The Morgan fingerprint density at radius 1 is 1.20 bits per heavy atom. The number of carbonyl (C=O) groups is 2. The molecule has 0 aromatic heterocycles. The lowest BCUT2D eigenvalue weighted by Crippen LogP contribution is -2.14. The Morgan fingerprint density at radius 2 is 1.73 bits per heavy atom. The topological polar surface area (TPSA) is 107 Å². The smallest absolute Gasteiger partial charge is 0.448 e. The number of rotatable bonds is 6. The molecule has 0 aliphatic rings. The van der Waals surface area contributed by atoms with Crippen LogP contribution < -0.4 is 0 Å². The van der Waals surface area contributed by atoms with Crippen LogP contribution in [0, 0.1) is 0 Å². The van der Waals surface area contributed by atoms with Crippen LogP contribution in [0.25, 0.3) is 0 Å². The molecule has 0 aromatic carbocycles. The van der Waals surface area contributed by atoms with Gasteiger partial charge in [0.25, 0.3) is 0 Å². The van der Waals surface area contributed by atoms with Crippen LogP contribution in [0.15, 0.2) is 0 Å². The third-order valence-corrected chi connectivity index (χ3v) is 1.60. The van der Waals surface area contributed by atoms with Crippen LogP contribution >= 0.6 is 0 Å². The highest BCUT2D eigenvalue weighted by Gasteiger charge is 2.15. The first-order chi connectivity index (χ1) is 6.85. The zero-order valence-electron chi connectivity index (χ0n) is 8.13. The van der Waals surface area contributed by atoms with Crippen molar-refractivity contribution in [2.45, 2.75) is 26.2 Å². The molecule has 7 nitrogen and oxygen atoms in total. The molecule has 0 aliphatic heterocycles. The first-order valence-electron chi connectivity index (χ1n) is 4.20. The third-order valence-electron chi connectivity index (χ3n) is 1.20. The molecular formula is C7H12O7S. The number of esters is 1. The molecule has 0 saturated heterocycles. The predicted molar refractivity (Wildman–Crippen MR) is 48.1 cm³/mol. The molecule has 0 unspecified atom stereocenters. The van der Waals surface area contributed by atoms with E-state index in [0.717, 1.165) is 0 Å². The monoisotopic (exact) mass is 240 g/mol. The fraction of sp³-hybridized carbons (Fsp3) is 0.714. The van der Waals surface area contributed by atoms with Crippen molar-refractivity contribution in [2.75, 3.05) is 6.61 Å². The lowest BCUT2D eigenvalue weighted by molar-refractivity contribution is -0.147. The first-order valence-corrected chi connectivity index (χ1v) is 5.57. The molecule has 0 rings (SSSR count). The van der Waals surface area contributed by atoms with E-state index < -0.39 is 28.8 Å². The van der Waals surface area contributed by atoms with Gasteiger partial charge in [-0.25, -0.2) is 0 Å². The van der Waals surface area contributed by atoms with Gasteiger partial charge in [-0.1, -0.05) is 6.92 Å². The molecule has 1 N–H and O–H groups in total. The van der Waals surface area contributed by atoms with Crippen LogP contribution in [-0.4, -0.2) is 31.5 Å². The van der Waals surface area contributed by atoms with Crippen LogP contribution in [0.4, 0.5) is 0 Å². The summed E-state index contributed by atoms with van der Waals surface area (Å²) in [5.41, 5.74) is 0. The number of carbonyl (C=O) groups excluding carboxylic acids is 2. The van der Waals surface area contributed by atoms with Crippen LogP contribution in [0.1, 0.15) is 26.2 Å². The van der Waals surface area contributed by atoms with Crippen molar-refractivity contribution < 1.29 is 31.5 Å². The van der Waals surface area contributed by atoms with Gasteiger partial charge in [-0.15, -0.1) is 0 Å². The summed E-state index contributed by atoms with van der Waals surface area (Å²) >= 11 is 0. The molecular weight excluding hydrogens is 228 g/mol. The standard InChI is InChI=1S/C7H12O7S/c1-2-5-13-6(8)3-4-7(9)14-15(10,11)12/h2-5H2,1H3,(H,10,11,12). The maximum atomic E-state index is 10.8. The highest BCUT2D eigenvalue weighted by Crippen LogP contribution is 1.98. The van der Waals surface area contributed by atoms with E-state index >= 15 is 0 Å². The van der Waals surface area contributed by atoms with Crippen molar-refractivity contribution in [3.8, 4) is 0 Å². The average Bonchev–Trinajstić information content (AvgIpc) is 2.08. The molecule has 0 aromatic rings. The second-order valence-electron chi connectivity index (χ2n) is 2.60. The third kappa shape index (κ3) is 9.16. The Labute approximate surface area is 87.3 Å². The van der Waals surface area contributed by atoms with Crippen molar-refractivity contribution in [3.63, 3.8) is 0 Å². The highest BCUT2D eigenvalue weighted by molar-refractivity contribution is 7.81. The largest absolute Gasteiger partial charge is 0.466 e. The molecule has 0 atom stereocenters. The summed E-state index contributed by atoms with van der Waals surface area (Å²) in [4.78, 5) is 21.5. The summed E-state index contributed by atoms with van der Waals surface area (Å²) < 4.78 is 36.4. The fourth-order valence-electron chi connectivity index (χ4n) is 0.651. The quantitative estimate of drug-likeness (QED) is 0.516. The lowest BCUT2D eigenvalue weighted by Gasteiger charge is -2.02.